The third-order valence-electron chi connectivity index (χ3n) is 3.42. The summed E-state index contributed by atoms with van der Waals surface area (Å²) in [6, 6.07) is 10.0. The molecular weight excluding hydrogens is 413 g/mol. The predicted molar refractivity (Wildman–Crippen MR) is 105 cm³/mol. The lowest BCUT2D eigenvalue weighted by Gasteiger charge is -2.10. The predicted octanol–water partition coefficient (Wildman–Crippen LogP) is 5.78. The average Bonchev–Trinajstić information content (AvgIpc) is 2.61. The average molecular weight is 429 g/mol. The Kier molecular flexibility index (Phi) is 7.15. The number of hydrogen-bond donors (Lipinski definition) is 1. The summed E-state index contributed by atoms with van der Waals surface area (Å²) in [6.45, 7) is 0. The Balaban J connectivity index is 2.01. The molecule has 1 N–H and O–H groups in total. The van der Waals surface area contributed by atoms with Crippen molar-refractivity contribution in [3.8, 4) is 0 Å². The maximum Gasteiger partial charge on any atom is 0.417 e. The molecule has 0 radical (unpaired) electrons. The monoisotopic (exact) mass is 428 g/mol. The normalized spacial score (nSPS) is 11.5. The molecule has 4 nitrogen and oxygen atoms in total. The van der Waals surface area contributed by atoms with E-state index in [1.165, 1.54) is 17.0 Å². The van der Waals surface area contributed by atoms with Crippen molar-refractivity contribution >= 4 is 46.3 Å². The fourth-order valence-electron chi connectivity index (χ4n) is 2.02. The van der Waals surface area contributed by atoms with Crippen molar-refractivity contribution < 1.29 is 22.8 Å². The molecule has 0 aromatic heterocycles. The van der Waals surface area contributed by atoms with Crippen molar-refractivity contribution in [3.05, 3.63) is 64.7 Å². The van der Waals surface area contributed by atoms with E-state index in [2.05, 4.69) is 5.32 Å². The van der Waals surface area contributed by atoms with Gasteiger partial charge in [-0.2, -0.15) is 13.2 Å². The van der Waals surface area contributed by atoms with Crippen LogP contribution in [0.25, 0.3) is 6.08 Å². The Morgan fingerprint density at radius 1 is 1.11 bits per heavy atom. The first-order chi connectivity index (χ1) is 13.1. The molecule has 2 rings (SSSR count). The lowest BCUT2D eigenvalue weighted by Crippen LogP contribution is -2.16. The van der Waals surface area contributed by atoms with Gasteiger partial charge in [-0.05, 0) is 59.8 Å². The minimum absolute atomic E-state index is 0.124. The molecule has 9 heteroatoms. The molecule has 0 saturated carbocycles. The molecule has 2 aromatic carbocycles. The summed E-state index contributed by atoms with van der Waals surface area (Å²) in [4.78, 5) is 25.8. The van der Waals surface area contributed by atoms with E-state index in [1.54, 1.807) is 38.4 Å². The van der Waals surface area contributed by atoms with E-state index < -0.39 is 22.7 Å². The van der Waals surface area contributed by atoms with Crippen LogP contribution >= 0.6 is 23.4 Å². The van der Waals surface area contributed by atoms with Gasteiger partial charge in [0.25, 0.3) is 5.24 Å². The van der Waals surface area contributed by atoms with Gasteiger partial charge in [0.1, 0.15) is 0 Å². The van der Waals surface area contributed by atoms with Crippen LogP contribution in [0.4, 0.5) is 23.7 Å². The Morgan fingerprint density at radius 2 is 1.75 bits per heavy atom. The fraction of sp³-hybridized carbons (Fsp3) is 0.158. The van der Waals surface area contributed by atoms with Crippen LogP contribution in [-0.4, -0.2) is 30.1 Å². The van der Waals surface area contributed by atoms with Gasteiger partial charge in [-0.15, -0.1) is 0 Å². The third kappa shape index (κ3) is 6.31. The molecule has 0 aliphatic heterocycles. The minimum Gasteiger partial charge on any atom is -0.339 e. The highest BCUT2D eigenvalue weighted by molar-refractivity contribution is 8.13. The number of rotatable bonds is 4. The van der Waals surface area contributed by atoms with Crippen molar-refractivity contribution in [1.82, 2.24) is 4.90 Å². The number of halogens is 4. The first-order valence-electron chi connectivity index (χ1n) is 7.91. The first kappa shape index (κ1) is 21.8. The topological polar surface area (TPSA) is 49.4 Å². The van der Waals surface area contributed by atoms with Gasteiger partial charge in [0.15, 0.2) is 0 Å². The largest absolute Gasteiger partial charge is 0.417 e. The van der Waals surface area contributed by atoms with Gasteiger partial charge in [0, 0.05) is 30.8 Å². The molecule has 0 aliphatic carbocycles. The molecule has 28 heavy (non-hydrogen) atoms. The first-order valence-corrected chi connectivity index (χ1v) is 9.11. The molecule has 2 amide bonds. The van der Waals surface area contributed by atoms with Crippen LogP contribution in [0.2, 0.25) is 5.02 Å². The highest BCUT2D eigenvalue weighted by Gasteiger charge is 2.33. The van der Waals surface area contributed by atoms with Crippen LogP contribution in [0, 0.1) is 0 Å². The smallest absolute Gasteiger partial charge is 0.339 e. The van der Waals surface area contributed by atoms with Gasteiger partial charge < -0.3 is 10.2 Å². The van der Waals surface area contributed by atoms with E-state index in [0.29, 0.717) is 10.6 Å². The summed E-state index contributed by atoms with van der Waals surface area (Å²) in [5.74, 6) is -0.506. The molecule has 0 saturated heterocycles. The fourth-order valence-corrected chi connectivity index (χ4v) is 2.90. The number of alkyl halides is 3. The highest BCUT2D eigenvalue weighted by Crippen LogP contribution is 2.35. The van der Waals surface area contributed by atoms with Crippen molar-refractivity contribution in [2.45, 2.75) is 11.1 Å². The lowest BCUT2D eigenvalue weighted by molar-refractivity contribution is -0.137. The lowest BCUT2D eigenvalue weighted by atomic mass is 10.1. The summed E-state index contributed by atoms with van der Waals surface area (Å²) in [5, 5.41) is 2.07. The van der Waals surface area contributed by atoms with Crippen molar-refractivity contribution in [1.29, 1.82) is 0 Å². The second-order valence-electron chi connectivity index (χ2n) is 5.85. The zero-order valence-electron chi connectivity index (χ0n) is 14.9. The zero-order valence-corrected chi connectivity index (χ0v) is 16.5. The van der Waals surface area contributed by atoms with E-state index in [1.807, 2.05) is 0 Å². The number of hydrogen-bond acceptors (Lipinski definition) is 3. The number of nitrogens with zero attached hydrogens (tertiary/aromatic N) is 1. The van der Waals surface area contributed by atoms with Gasteiger partial charge in [0.2, 0.25) is 5.91 Å². The maximum absolute atomic E-state index is 12.9. The van der Waals surface area contributed by atoms with Gasteiger partial charge in [-0.1, -0.05) is 17.7 Å². The molecule has 0 fully saturated rings. The SMILES string of the molecule is CN(C)C(=O)Sc1ccc(NC(=O)/C=C/c2ccc(Cl)c(C(F)(F)F)c2)cc1. The van der Waals surface area contributed by atoms with E-state index in [-0.39, 0.29) is 10.8 Å². The van der Waals surface area contributed by atoms with Crippen molar-refractivity contribution in [3.63, 3.8) is 0 Å². The summed E-state index contributed by atoms with van der Waals surface area (Å²) in [6.07, 6.45) is -2.18. The molecule has 0 aliphatic rings. The minimum atomic E-state index is -4.57. The molecule has 0 spiro atoms. The molecule has 0 unspecified atom stereocenters. The van der Waals surface area contributed by atoms with E-state index in [4.69, 9.17) is 11.6 Å². The summed E-state index contributed by atoms with van der Waals surface area (Å²) >= 11 is 6.61. The van der Waals surface area contributed by atoms with Crippen LogP contribution in [0.1, 0.15) is 11.1 Å². The van der Waals surface area contributed by atoms with E-state index >= 15 is 0 Å². The second kappa shape index (κ2) is 9.16. The van der Waals surface area contributed by atoms with Crippen molar-refractivity contribution in [2.75, 3.05) is 19.4 Å². The number of carbonyl (C=O) groups excluding carboxylic acids is 2. The number of nitrogens with one attached hydrogen (secondary N) is 1. The Morgan fingerprint density at radius 3 is 2.32 bits per heavy atom. The zero-order chi connectivity index (χ0) is 20.9. The molecule has 148 valence electrons. The number of amides is 2. The number of anilines is 1. The number of carbonyl (C=O) groups is 2. The Hall–Kier alpha value is -2.45. The van der Waals surface area contributed by atoms with Gasteiger partial charge in [-0.25, -0.2) is 0 Å². The Labute approximate surface area is 169 Å². The van der Waals surface area contributed by atoms with Crippen LogP contribution in [-0.2, 0) is 11.0 Å². The summed E-state index contributed by atoms with van der Waals surface area (Å²) in [7, 11) is 3.29. The molecule has 2 aromatic rings. The van der Waals surface area contributed by atoms with Gasteiger partial charge >= 0.3 is 6.18 Å². The quantitative estimate of drug-likeness (QED) is 0.495. The number of thioether (sulfide) groups is 1. The van der Waals surface area contributed by atoms with Crippen LogP contribution in [0.5, 0.6) is 0 Å². The van der Waals surface area contributed by atoms with Crippen LogP contribution in [0.15, 0.2) is 53.4 Å². The molecular formula is C19H16ClF3N2O2S. The van der Waals surface area contributed by atoms with E-state index in [9.17, 15) is 22.8 Å². The van der Waals surface area contributed by atoms with Crippen molar-refractivity contribution in [2.24, 2.45) is 0 Å². The molecule has 0 atom stereocenters. The second-order valence-corrected chi connectivity index (χ2v) is 7.28. The van der Waals surface area contributed by atoms with Gasteiger partial charge in [0.05, 0.1) is 10.6 Å². The van der Waals surface area contributed by atoms with Crippen LogP contribution in [0.3, 0.4) is 0 Å². The third-order valence-corrected chi connectivity index (χ3v) is 4.79. The van der Waals surface area contributed by atoms with E-state index in [0.717, 1.165) is 30.0 Å². The molecule has 0 bridgehead atoms. The number of benzene rings is 2. The summed E-state index contributed by atoms with van der Waals surface area (Å²) in [5.41, 5.74) is -0.277. The van der Waals surface area contributed by atoms with Gasteiger partial charge in [-0.3, -0.25) is 9.59 Å². The van der Waals surface area contributed by atoms with Crippen LogP contribution < -0.4 is 5.32 Å². The Bertz CT molecular complexity index is 897. The highest BCUT2D eigenvalue weighted by atomic mass is 35.5. The standard InChI is InChI=1S/C19H16ClF3N2O2S/c1-25(2)18(27)28-14-7-5-13(6-8-14)24-17(26)10-4-12-3-9-16(20)15(11-12)19(21,22)23/h3-11H,1-2H3,(H,24,26)/b10-4+. The maximum atomic E-state index is 12.9. The summed E-state index contributed by atoms with van der Waals surface area (Å²) < 4.78 is 38.6. The molecule has 0 heterocycles.